The van der Waals surface area contributed by atoms with Crippen LogP contribution in [0.3, 0.4) is 0 Å². The standard InChI is InChI=1S/C18H24ClN3O4S/c1-4-27(24,25)21(2)9-7-8-20-18(23)14-12-15(19)16(13-17(14)26-3)22-10-5-6-11-22/h5-6,10-13H,4,7-9H2,1-3H3,(H,20,23). The molecular weight excluding hydrogens is 390 g/mol. The third kappa shape index (κ3) is 5.24. The van der Waals surface area contributed by atoms with Crippen LogP contribution >= 0.6 is 11.6 Å². The molecule has 2 rings (SSSR count). The molecule has 0 bridgehead atoms. The number of benzene rings is 1. The van der Waals surface area contributed by atoms with Crippen LogP contribution in [0, 0.1) is 0 Å². The highest BCUT2D eigenvalue weighted by Crippen LogP contribution is 2.29. The van der Waals surface area contributed by atoms with Gasteiger partial charge in [0.25, 0.3) is 5.91 Å². The van der Waals surface area contributed by atoms with Crippen molar-refractivity contribution < 1.29 is 17.9 Å². The Hall–Kier alpha value is -2.03. The second-order valence-electron chi connectivity index (χ2n) is 5.93. The van der Waals surface area contributed by atoms with E-state index in [1.54, 1.807) is 19.1 Å². The molecule has 1 amide bonds. The molecule has 0 saturated carbocycles. The van der Waals surface area contributed by atoms with Crippen molar-refractivity contribution in [1.29, 1.82) is 0 Å². The molecule has 2 aromatic rings. The molecular formula is C18H24ClN3O4S. The second kappa shape index (κ2) is 9.25. The molecule has 0 aliphatic heterocycles. The average Bonchev–Trinajstić information content (AvgIpc) is 3.18. The molecule has 7 nitrogen and oxygen atoms in total. The van der Waals surface area contributed by atoms with Gasteiger partial charge in [0.05, 0.1) is 29.1 Å². The summed E-state index contributed by atoms with van der Waals surface area (Å²) in [6.45, 7) is 2.27. The highest BCUT2D eigenvalue weighted by Gasteiger charge is 2.17. The van der Waals surface area contributed by atoms with Crippen LogP contribution in [0.4, 0.5) is 0 Å². The van der Waals surface area contributed by atoms with Gasteiger partial charge >= 0.3 is 0 Å². The van der Waals surface area contributed by atoms with Crippen molar-refractivity contribution in [2.75, 3.05) is 33.0 Å². The van der Waals surface area contributed by atoms with Crippen LogP contribution in [0.5, 0.6) is 5.75 Å². The molecule has 0 fully saturated rings. The van der Waals surface area contributed by atoms with Crippen molar-refractivity contribution in [2.45, 2.75) is 13.3 Å². The summed E-state index contributed by atoms with van der Waals surface area (Å²) in [5.41, 5.74) is 1.04. The van der Waals surface area contributed by atoms with Gasteiger partial charge in [0.15, 0.2) is 0 Å². The number of carbonyl (C=O) groups is 1. The quantitative estimate of drug-likeness (QED) is 0.640. The third-order valence-electron chi connectivity index (χ3n) is 4.17. The zero-order chi connectivity index (χ0) is 20.0. The highest BCUT2D eigenvalue weighted by atomic mass is 35.5. The van der Waals surface area contributed by atoms with Gasteiger partial charge in [-0.25, -0.2) is 12.7 Å². The van der Waals surface area contributed by atoms with E-state index in [0.29, 0.717) is 41.5 Å². The Balaban J connectivity index is 2.03. The molecule has 0 spiro atoms. The molecule has 1 aromatic carbocycles. The molecule has 148 valence electrons. The Morgan fingerprint density at radius 1 is 1.30 bits per heavy atom. The summed E-state index contributed by atoms with van der Waals surface area (Å²) in [5.74, 6) is 0.138. The van der Waals surface area contributed by atoms with Gasteiger partial charge in [-0.3, -0.25) is 4.79 Å². The van der Waals surface area contributed by atoms with Gasteiger partial charge in [0.1, 0.15) is 5.75 Å². The molecule has 0 aliphatic carbocycles. The fourth-order valence-corrected chi connectivity index (χ4v) is 3.65. The molecule has 1 aromatic heterocycles. The van der Waals surface area contributed by atoms with Crippen molar-refractivity contribution in [3.8, 4) is 11.4 Å². The van der Waals surface area contributed by atoms with Gasteiger partial charge in [0.2, 0.25) is 10.0 Å². The molecule has 0 saturated heterocycles. The number of hydrogen-bond donors (Lipinski definition) is 1. The minimum absolute atomic E-state index is 0.0549. The van der Waals surface area contributed by atoms with E-state index in [0.717, 1.165) is 0 Å². The molecule has 0 aliphatic rings. The number of aromatic nitrogens is 1. The number of nitrogens with zero attached hydrogens (tertiary/aromatic N) is 2. The summed E-state index contributed by atoms with van der Waals surface area (Å²) in [6.07, 6.45) is 4.20. The Kier molecular flexibility index (Phi) is 7.29. The number of amides is 1. The minimum atomic E-state index is -3.21. The number of ether oxygens (including phenoxy) is 1. The maximum absolute atomic E-state index is 12.5. The zero-order valence-corrected chi connectivity index (χ0v) is 17.2. The van der Waals surface area contributed by atoms with Gasteiger partial charge in [0, 0.05) is 38.6 Å². The van der Waals surface area contributed by atoms with E-state index in [9.17, 15) is 13.2 Å². The van der Waals surface area contributed by atoms with E-state index in [4.69, 9.17) is 16.3 Å². The molecule has 0 radical (unpaired) electrons. The first kappa shape index (κ1) is 21.3. The maximum Gasteiger partial charge on any atom is 0.255 e. The van der Waals surface area contributed by atoms with E-state index in [1.807, 2.05) is 29.1 Å². The Bertz CT molecular complexity index is 882. The summed E-state index contributed by atoms with van der Waals surface area (Å²) in [4.78, 5) is 12.5. The summed E-state index contributed by atoms with van der Waals surface area (Å²) in [7, 11) is -0.192. The topological polar surface area (TPSA) is 80.6 Å². The van der Waals surface area contributed by atoms with Crippen molar-refractivity contribution in [3.05, 3.63) is 47.2 Å². The Morgan fingerprint density at radius 3 is 2.56 bits per heavy atom. The summed E-state index contributed by atoms with van der Waals surface area (Å²) < 4.78 is 31.9. The molecule has 1 heterocycles. The highest BCUT2D eigenvalue weighted by molar-refractivity contribution is 7.89. The van der Waals surface area contributed by atoms with Crippen LogP contribution in [-0.2, 0) is 10.0 Å². The van der Waals surface area contributed by atoms with Crippen LogP contribution < -0.4 is 10.1 Å². The lowest BCUT2D eigenvalue weighted by molar-refractivity contribution is 0.0950. The van der Waals surface area contributed by atoms with Gasteiger partial charge in [-0.15, -0.1) is 0 Å². The first-order chi connectivity index (χ1) is 12.8. The number of nitrogens with one attached hydrogen (secondary N) is 1. The van der Waals surface area contributed by atoms with Crippen molar-refractivity contribution in [1.82, 2.24) is 14.2 Å². The molecule has 0 atom stereocenters. The van der Waals surface area contributed by atoms with Gasteiger partial charge in [-0.2, -0.15) is 0 Å². The number of sulfonamides is 1. The number of halogens is 1. The third-order valence-corrected chi connectivity index (χ3v) is 6.34. The van der Waals surface area contributed by atoms with Crippen LogP contribution in [-0.4, -0.2) is 56.2 Å². The first-order valence-corrected chi connectivity index (χ1v) is 10.5. The smallest absolute Gasteiger partial charge is 0.255 e. The van der Waals surface area contributed by atoms with E-state index >= 15 is 0 Å². The summed E-state index contributed by atoms with van der Waals surface area (Å²) in [6, 6.07) is 7.02. The summed E-state index contributed by atoms with van der Waals surface area (Å²) >= 11 is 6.33. The number of rotatable bonds is 9. The predicted molar refractivity (Wildman–Crippen MR) is 106 cm³/mol. The minimum Gasteiger partial charge on any atom is -0.496 e. The predicted octanol–water partition coefficient (Wildman–Crippen LogP) is 2.54. The lowest BCUT2D eigenvalue weighted by Crippen LogP contribution is -2.32. The van der Waals surface area contributed by atoms with Crippen molar-refractivity contribution in [2.24, 2.45) is 0 Å². The zero-order valence-electron chi connectivity index (χ0n) is 15.6. The van der Waals surface area contributed by atoms with E-state index < -0.39 is 10.0 Å². The fraction of sp³-hybridized carbons (Fsp3) is 0.389. The largest absolute Gasteiger partial charge is 0.496 e. The monoisotopic (exact) mass is 413 g/mol. The maximum atomic E-state index is 12.5. The van der Waals surface area contributed by atoms with E-state index in [2.05, 4.69) is 5.32 Å². The van der Waals surface area contributed by atoms with E-state index in [-0.39, 0.29) is 11.7 Å². The van der Waals surface area contributed by atoms with E-state index in [1.165, 1.54) is 18.5 Å². The van der Waals surface area contributed by atoms with Crippen molar-refractivity contribution >= 4 is 27.5 Å². The Labute approximate surface area is 164 Å². The van der Waals surface area contributed by atoms with Crippen LogP contribution in [0.1, 0.15) is 23.7 Å². The van der Waals surface area contributed by atoms with Gasteiger partial charge in [-0.05, 0) is 31.5 Å². The Morgan fingerprint density at radius 2 is 1.96 bits per heavy atom. The van der Waals surface area contributed by atoms with Crippen LogP contribution in [0.15, 0.2) is 36.7 Å². The normalized spacial score (nSPS) is 11.6. The van der Waals surface area contributed by atoms with Crippen LogP contribution in [0.2, 0.25) is 5.02 Å². The lowest BCUT2D eigenvalue weighted by Gasteiger charge is -2.16. The number of carbonyl (C=O) groups excluding carboxylic acids is 1. The lowest BCUT2D eigenvalue weighted by atomic mass is 10.1. The van der Waals surface area contributed by atoms with Crippen LogP contribution in [0.25, 0.3) is 5.69 Å². The number of methoxy groups -OCH3 is 1. The average molecular weight is 414 g/mol. The number of hydrogen-bond acceptors (Lipinski definition) is 4. The molecule has 0 unspecified atom stereocenters. The fourth-order valence-electron chi connectivity index (χ4n) is 2.54. The second-order valence-corrected chi connectivity index (χ2v) is 8.70. The molecule has 9 heteroatoms. The van der Waals surface area contributed by atoms with Gasteiger partial charge in [-0.1, -0.05) is 11.6 Å². The first-order valence-electron chi connectivity index (χ1n) is 8.53. The molecule has 27 heavy (non-hydrogen) atoms. The SMILES string of the molecule is CCS(=O)(=O)N(C)CCCNC(=O)c1cc(Cl)c(-n2cccc2)cc1OC. The summed E-state index contributed by atoms with van der Waals surface area (Å²) in [5, 5.41) is 3.20. The molecule has 1 N–H and O–H groups in total. The van der Waals surface area contributed by atoms with Gasteiger partial charge < -0.3 is 14.6 Å². The van der Waals surface area contributed by atoms with Crippen molar-refractivity contribution in [3.63, 3.8) is 0 Å².